The Morgan fingerprint density at radius 1 is 1.05 bits per heavy atom. The van der Waals surface area contributed by atoms with Gasteiger partial charge in [-0.3, -0.25) is 0 Å². The summed E-state index contributed by atoms with van der Waals surface area (Å²) in [4.78, 5) is 1.85. The van der Waals surface area contributed by atoms with Crippen LogP contribution in [0.4, 0.5) is 5.69 Å². The van der Waals surface area contributed by atoms with Crippen LogP contribution in [0.25, 0.3) is 0 Å². The van der Waals surface area contributed by atoms with Crippen LogP contribution in [0, 0.1) is 11.3 Å². The monoisotopic (exact) mass is 296 g/mol. The molecule has 20 heavy (non-hydrogen) atoms. The van der Waals surface area contributed by atoms with Gasteiger partial charge in [0.15, 0.2) is 0 Å². The molecule has 4 heteroatoms. The lowest BCUT2D eigenvalue weighted by Gasteiger charge is -2.20. The van der Waals surface area contributed by atoms with Crippen molar-refractivity contribution in [1.82, 2.24) is 0 Å². The summed E-state index contributed by atoms with van der Waals surface area (Å²) >= 11 is 3.21. The number of nitrogens with one attached hydrogen (secondary N) is 1. The summed E-state index contributed by atoms with van der Waals surface area (Å²) in [6.45, 7) is 0. The molecular formula is C16H12N2S2. The van der Waals surface area contributed by atoms with Crippen LogP contribution in [0.5, 0.6) is 0 Å². The van der Waals surface area contributed by atoms with E-state index in [0.29, 0.717) is 0 Å². The summed E-state index contributed by atoms with van der Waals surface area (Å²) in [7, 11) is 0. The third-order valence-electron chi connectivity index (χ3n) is 2.88. The minimum atomic E-state index is 0.740. The second-order valence-electron chi connectivity index (χ2n) is 4.27. The van der Waals surface area contributed by atoms with Gasteiger partial charge in [0, 0.05) is 10.6 Å². The molecule has 0 spiro atoms. The van der Waals surface area contributed by atoms with Crippen LogP contribution in [0.15, 0.2) is 69.4 Å². The minimum Gasteiger partial charge on any atom is -0.348 e. The average Bonchev–Trinajstić information content (AvgIpc) is 2.53. The molecule has 0 unspecified atom stereocenters. The molecule has 0 saturated carbocycles. The molecule has 0 saturated heterocycles. The summed E-state index contributed by atoms with van der Waals surface area (Å²) in [5.41, 5.74) is 2.33. The van der Waals surface area contributed by atoms with Gasteiger partial charge in [-0.2, -0.15) is 5.26 Å². The predicted octanol–water partition coefficient (Wildman–Crippen LogP) is 4.83. The van der Waals surface area contributed by atoms with E-state index in [1.165, 1.54) is 17.3 Å². The smallest absolute Gasteiger partial charge is 0.120 e. The summed E-state index contributed by atoms with van der Waals surface area (Å²) in [5.74, 6) is 0.858. The molecule has 1 heterocycles. The van der Waals surface area contributed by atoms with Gasteiger partial charge in [0.25, 0.3) is 0 Å². The van der Waals surface area contributed by atoms with Crippen molar-refractivity contribution in [3.63, 3.8) is 0 Å². The zero-order chi connectivity index (χ0) is 13.8. The topological polar surface area (TPSA) is 35.8 Å². The number of hydrogen-bond donors (Lipinski definition) is 1. The molecule has 0 aromatic heterocycles. The van der Waals surface area contributed by atoms with E-state index in [1.54, 1.807) is 11.8 Å². The molecule has 2 aromatic rings. The summed E-state index contributed by atoms with van der Waals surface area (Å²) in [6.07, 6.45) is 0. The molecule has 0 aliphatic carbocycles. The first kappa shape index (κ1) is 13.2. The van der Waals surface area contributed by atoms with Gasteiger partial charge in [0.05, 0.1) is 10.7 Å². The van der Waals surface area contributed by atoms with Gasteiger partial charge in [-0.15, -0.1) is 11.8 Å². The number of hydrogen-bond acceptors (Lipinski definition) is 4. The molecule has 0 amide bonds. The van der Waals surface area contributed by atoms with E-state index in [0.717, 1.165) is 26.3 Å². The maximum Gasteiger partial charge on any atom is 0.120 e. The van der Waals surface area contributed by atoms with Crippen molar-refractivity contribution < 1.29 is 0 Å². The second kappa shape index (κ2) is 6.08. The normalized spacial score (nSPS) is 13.3. The molecule has 2 aromatic carbocycles. The molecule has 0 bridgehead atoms. The first-order chi connectivity index (χ1) is 9.86. The highest BCUT2D eigenvalue weighted by Gasteiger charge is 2.18. The number of nitrogens with zero attached hydrogens (tertiary/aromatic N) is 1. The summed E-state index contributed by atoms with van der Waals surface area (Å²) in [5, 5.41) is 13.6. The fourth-order valence-electron chi connectivity index (χ4n) is 1.90. The van der Waals surface area contributed by atoms with Gasteiger partial charge in [-0.05, 0) is 17.7 Å². The highest BCUT2D eigenvalue weighted by molar-refractivity contribution is 8.07. The molecule has 98 valence electrons. The van der Waals surface area contributed by atoms with E-state index in [9.17, 15) is 5.26 Å². The zero-order valence-corrected chi connectivity index (χ0v) is 12.3. The van der Waals surface area contributed by atoms with Crippen LogP contribution >= 0.6 is 23.5 Å². The van der Waals surface area contributed by atoms with Gasteiger partial charge in [-0.1, -0.05) is 54.2 Å². The molecule has 1 N–H and O–H groups in total. The Kier molecular flexibility index (Phi) is 4.00. The van der Waals surface area contributed by atoms with Gasteiger partial charge in [0.2, 0.25) is 0 Å². The number of fused-ring (bicyclic) bond motifs is 1. The Morgan fingerprint density at radius 2 is 1.80 bits per heavy atom. The maximum absolute atomic E-state index is 9.30. The van der Waals surface area contributed by atoms with Crippen LogP contribution in [-0.4, -0.2) is 0 Å². The molecular weight excluding hydrogens is 284 g/mol. The lowest BCUT2D eigenvalue weighted by molar-refractivity contribution is 1.37. The van der Waals surface area contributed by atoms with Crippen LogP contribution in [-0.2, 0) is 5.75 Å². The van der Waals surface area contributed by atoms with Crippen LogP contribution in [0.3, 0.4) is 0 Å². The first-order valence-corrected chi connectivity index (χ1v) is 8.02. The van der Waals surface area contributed by atoms with E-state index in [2.05, 4.69) is 23.5 Å². The van der Waals surface area contributed by atoms with E-state index in [-0.39, 0.29) is 0 Å². The van der Waals surface area contributed by atoms with Crippen LogP contribution in [0.1, 0.15) is 5.56 Å². The third kappa shape index (κ3) is 2.84. The van der Waals surface area contributed by atoms with Crippen LogP contribution in [0.2, 0.25) is 0 Å². The Labute approximate surface area is 126 Å². The van der Waals surface area contributed by atoms with Crippen molar-refractivity contribution in [3.8, 4) is 6.07 Å². The van der Waals surface area contributed by atoms with Crippen molar-refractivity contribution in [2.45, 2.75) is 10.6 Å². The van der Waals surface area contributed by atoms with Gasteiger partial charge >= 0.3 is 0 Å². The molecule has 1 aliphatic rings. The van der Waals surface area contributed by atoms with Crippen molar-refractivity contribution in [2.75, 3.05) is 5.32 Å². The molecule has 0 radical (unpaired) electrons. The van der Waals surface area contributed by atoms with E-state index >= 15 is 0 Å². The molecule has 0 fully saturated rings. The SMILES string of the molecule is N#CC1=C(SCc2ccccc2)Nc2ccccc2S1. The number of anilines is 1. The van der Waals surface area contributed by atoms with E-state index in [4.69, 9.17) is 0 Å². The molecule has 0 atom stereocenters. The largest absolute Gasteiger partial charge is 0.348 e. The minimum absolute atomic E-state index is 0.740. The van der Waals surface area contributed by atoms with Gasteiger partial charge in [-0.25, -0.2) is 0 Å². The number of nitriles is 1. The Morgan fingerprint density at radius 3 is 2.60 bits per heavy atom. The maximum atomic E-state index is 9.30. The summed E-state index contributed by atoms with van der Waals surface area (Å²) in [6, 6.07) is 20.6. The average molecular weight is 296 g/mol. The van der Waals surface area contributed by atoms with E-state index in [1.807, 2.05) is 42.5 Å². The van der Waals surface area contributed by atoms with Crippen molar-refractivity contribution in [3.05, 3.63) is 70.1 Å². The predicted molar refractivity (Wildman–Crippen MR) is 86.3 cm³/mol. The number of rotatable bonds is 3. The fourth-order valence-corrected chi connectivity index (χ4v) is 3.85. The Hall–Kier alpha value is -1.83. The molecule has 2 nitrogen and oxygen atoms in total. The third-order valence-corrected chi connectivity index (χ3v) is 5.16. The molecule has 3 rings (SSSR count). The standard InChI is InChI=1S/C16H12N2S2/c17-10-15-16(19-11-12-6-2-1-3-7-12)18-13-8-4-5-9-14(13)20-15/h1-9,18H,11H2. The fraction of sp³-hybridized carbons (Fsp3) is 0.0625. The van der Waals surface area contributed by atoms with Crippen LogP contribution < -0.4 is 5.32 Å². The number of benzene rings is 2. The second-order valence-corrected chi connectivity index (χ2v) is 6.31. The van der Waals surface area contributed by atoms with E-state index < -0.39 is 0 Å². The molecule has 1 aliphatic heterocycles. The zero-order valence-electron chi connectivity index (χ0n) is 10.7. The number of allylic oxidation sites excluding steroid dienone is 1. The van der Waals surface area contributed by atoms with Gasteiger partial charge < -0.3 is 5.32 Å². The quantitative estimate of drug-likeness (QED) is 0.880. The number of para-hydroxylation sites is 1. The van der Waals surface area contributed by atoms with Crippen molar-refractivity contribution in [1.29, 1.82) is 5.26 Å². The van der Waals surface area contributed by atoms with Crippen molar-refractivity contribution in [2.24, 2.45) is 0 Å². The first-order valence-electron chi connectivity index (χ1n) is 6.22. The van der Waals surface area contributed by atoms with Crippen molar-refractivity contribution >= 4 is 29.2 Å². The Bertz CT molecular complexity index is 687. The van der Waals surface area contributed by atoms with Gasteiger partial charge in [0.1, 0.15) is 11.0 Å². The highest BCUT2D eigenvalue weighted by atomic mass is 32.2. The lowest BCUT2D eigenvalue weighted by Crippen LogP contribution is -2.04. The Balaban J connectivity index is 1.78. The number of thioether (sulfide) groups is 2. The highest BCUT2D eigenvalue weighted by Crippen LogP contribution is 2.42. The summed E-state index contributed by atoms with van der Waals surface area (Å²) < 4.78 is 0. The lowest BCUT2D eigenvalue weighted by atomic mass is 10.2.